The van der Waals surface area contributed by atoms with Crippen LogP contribution in [0.4, 0.5) is 5.69 Å². The fourth-order valence-electron chi connectivity index (χ4n) is 2.43. The first-order valence-corrected chi connectivity index (χ1v) is 6.07. The van der Waals surface area contributed by atoms with E-state index in [1.54, 1.807) is 6.20 Å². The standard InChI is InChI=1S/C13H17N3O/c14-8-13-12(6-3-7-15-13)16-11-5-2-1-4-10(11)9-17/h3,6-7,10-11,16-17H,1-2,4-5,9H2. The fraction of sp³-hybridized carbons (Fsp3) is 0.538. The summed E-state index contributed by atoms with van der Waals surface area (Å²) in [6.45, 7) is 0.208. The summed E-state index contributed by atoms with van der Waals surface area (Å²) < 4.78 is 0. The highest BCUT2D eigenvalue weighted by Gasteiger charge is 2.24. The Morgan fingerprint density at radius 1 is 1.47 bits per heavy atom. The highest BCUT2D eigenvalue weighted by molar-refractivity contribution is 5.53. The molecule has 2 unspecified atom stereocenters. The van der Waals surface area contributed by atoms with Gasteiger partial charge < -0.3 is 10.4 Å². The third-order valence-electron chi connectivity index (χ3n) is 3.40. The van der Waals surface area contributed by atoms with E-state index in [-0.39, 0.29) is 18.6 Å². The highest BCUT2D eigenvalue weighted by Crippen LogP contribution is 2.27. The summed E-state index contributed by atoms with van der Waals surface area (Å²) in [6, 6.07) is 6.03. The third-order valence-corrected chi connectivity index (χ3v) is 3.40. The van der Waals surface area contributed by atoms with Gasteiger partial charge in [-0.1, -0.05) is 12.8 Å². The monoisotopic (exact) mass is 231 g/mol. The van der Waals surface area contributed by atoms with Gasteiger partial charge in [0.2, 0.25) is 0 Å². The number of nitrogens with zero attached hydrogens (tertiary/aromatic N) is 2. The number of hydrogen-bond donors (Lipinski definition) is 2. The lowest BCUT2D eigenvalue weighted by Crippen LogP contribution is -2.34. The molecule has 2 N–H and O–H groups in total. The van der Waals surface area contributed by atoms with Crippen LogP contribution in [-0.2, 0) is 0 Å². The van der Waals surface area contributed by atoms with Crippen molar-refractivity contribution in [3.63, 3.8) is 0 Å². The lowest BCUT2D eigenvalue weighted by atomic mass is 9.85. The van der Waals surface area contributed by atoms with Gasteiger partial charge in [0.1, 0.15) is 6.07 Å². The van der Waals surface area contributed by atoms with Gasteiger partial charge in [-0.2, -0.15) is 5.26 Å². The van der Waals surface area contributed by atoms with Gasteiger partial charge in [0.25, 0.3) is 0 Å². The number of pyridine rings is 1. The Balaban J connectivity index is 2.11. The van der Waals surface area contributed by atoms with E-state index in [2.05, 4.69) is 16.4 Å². The molecule has 1 aromatic rings. The molecule has 1 fully saturated rings. The first-order chi connectivity index (χ1) is 8.35. The molecular weight excluding hydrogens is 214 g/mol. The largest absolute Gasteiger partial charge is 0.396 e. The van der Waals surface area contributed by atoms with Crippen molar-refractivity contribution in [2.45, 2.75) is 31.7 Å². The summed E-state index contributed by atoms with van der Waals surface area (Å²) in [5.41, 5.74) is 1.20. The number of hydrogen-bond acceptors (Lipinski definition) is 4. The van der Waals surface area contributed by atoms with Crippen molar-refractivity contribution in [1.29, 1.82) is 5.26 Å². The van der Waals surface area contributed by atoms with Crippen LogP contribution in [0.1, 0.15) is 31.4 Å². The molecule has 1 aromatic heterocycles. The topological polar surface area (TPSA) is 68.9 Å². The zero-order valence-electron chi connectivity index (χ0n) is 9.76. The van der Waals surface area contributed by atoms with Gasteiger partial charge in [-0.15, -0.1) is 0 Å². The van der Waals surface area contributed by atoms with Gasteiger partial charge in [0, 0.05) is 24.8 Å². The van der Waals surface area contributed by atoms with Gasteiger partial charge in [-0.3, -0.25) is 0 Å². The molecular formula is C13H17N3O. The Hall–Kier alpha value is -1.60. The third kappa shape index (κ3) is 2.75. The second-order valence-electron chi connectivity index (χ2n) is 4.49. The summed E-state index contributed by atoms with van der Waals surface area (Å²) in [5.74, 6) is 0.287. The van der Waals surface area contributed by atoms with Crippen LogP contribution in [0, 0.1) is 17.2 Å². The van der Waals surface area contributed by atoms with Crippen LogP contribution in [0.15, 0.2) is 18.3 Å². The minimum atomic E-state index is 0.208. The molecule has 2 rings (SSSR count). The van der Waals surface area contributed by atoms with E-state index in [9.17, 15) is 5.11 Å². The number of anilines is 1. The number of aliphatic hydroxyl groups excluding tert-OH is 1. The molecule has 0 saturated heterocycles. The van der Waals surface area contributed by atoms with E-state index < -0.39 is 0 Å². The number of aromatic nitrogens is 1. The SMILES string of the molecule is N#Cc1ncccc1NC1CCCCC1CO. The zero-order valence-corrected chi connectivity index (χ0v) is 9.76. The first kappa shape index (κ1) is 11.9. The predicted molar refractivity (Wildman–Crippen MR) is 65.4 cm³/mol. The van der Waals surface area contributed by atoms with Gasteiger partial charge >= 0.3 is 0 Å². The van der Waals surface area contributed by atoms with Gasteiger partial charge in [0.15, 0.2) is 5.69 Å². The summed E-state index contributed by atoms with van der Waals surface area (Å²) in [4.78, 5) is 4.03. The van der Waals surface area contributed by atoms with Crippen LogP contribution >= 0.6 is 0 Å². The molecule has 0 aromatic carbocycles. The fourth-order valence-corrected chi connectivity index (χ4v) is 2.43. The van der Waals surface area contributed by atoms with Crippen LogP contribution in [0.2, 0.25) is 0 Å². The maximum atomic E-state index is 9.35. The molecule has 17 heavy (non-hydrogen) atoms. The molecule has 0 aliphatic heterocycles. The predicted octanol–water partition coefficient (Wildman–Crippen LogP) is 1.92. The van der Waals surface area contributed by atoms with Crippen LogP contribution < -0.4 is 5.32 Å². The Kier molecular flexibility index (Phi) is 3.94. The maximum absolute atomic E-state index is 9.35. The van der Waals surface area contributed by atoms with E-state index in [1.807, 2.05) is 12.1 Å². The number of nitrogens with one attached hydrogen (secondary N) is 1. The number of rotatable bonds is 3. The van der Waals surface area contributed by atoms with Gasteiger partial charge in [0.05, 0.1) is 5.69 Å². The van der Waals surface area contributed by atoms with E-state index in [4.69, 9.17) is 5.26 Å². The van der Waals surface area contributed by atoms with Gasteiger partial charge in [-0.25, -0.2) is 4.98 Å². The molecule has 0 spiro atoms. The minimum Gasteiger partial charge on any atom is -0.396 e. The van der Waals surface area contributed by atoms with E-state index in [0.29, 0.717) is 5.69 Å². The van der Waals surface area contributed by atoms with Crippen LogP contribution in [0.5, 0.6) is 0 Å². The molecule has 1 aliphatic carbocycles. The average Bonchev–Trinajstić information content (AvgIpc) is 2.40. The molecule has 90 valence electrons. The van der Waals surface area contributed by atoms with E-state index in [0.717, 1.165) is 18.5 Å². The molecule has 1 aliphatic rings. The highest BCUT2D eigenvalue weighted by atomic mass is 16.3. The summed E-state index contributed by atoms with van der Waals surface area (Å²) in [5, 5.41) is 21.7. The van der Waals surface area contributed by atoms with Crippen molar-refractivity contribution in [2.75, 3.05) is 11.9 Å². The molecule has 4 heteroatoms. The summed E-state index contributed by atoms with van der Waals surface area (Å²) in [7, 11) is 0. The Morgan fingerprint density at radius 3 is 3.06 bits per heavy atom. The van der Waals surface area contributed by atoms with Crippen molar-refractivity contribution in [2.24, 2.45) is 5.92 Å². The summed E-state index contributed by atoms with van der Waals surface area (Å²) in [6.07, 6.45) is 6.08. The quantitative estimate of drug-likeness (QED) is 0.833. The van der Waals surface area contributed by atoms with E-state index >= 15 is 0 Å². The Morgan fingerprint density at radius 2 is 2.29 bits per heavy atom. The maximum Gasteiger partial charge on any atom is 0.163 e. The van der Waals surface area contributed by atoms with Crippen molar-refractivity contribution >= 4 is 5.69 Å². The lowest BCUT2D eigenvalue weighted by molar-refractivity contribution is 0.178. The lowest BCUT2D eigenvalue weighted by Gasteiger charge is -2.31. The summed E-state index contributed by atoms with van der Waals surface area (Å²) >= 11 is 0. The van der Waals surface area contributed by atoms with Crippen molar-refractivity contribution in [3.05, 3.63) is 24.0 Å². The van der Waals surface area contributed by atoms with E-state index in [1.165, 1.54) is 12.8 Å². The molecule has 2 atom stereocenters. The molecule has 1 heterocycles. The molecule has 0 radical (unpaired) electrons. The van der Waals surface area contributed by atoms with Crippen molar-refractivity contribution in [1.82, 2.24) is 4.98 Å². The zero-order chi connectivity index (χ0) is 12.1. The van der Waals surface area contributed by atoms with Crippen molar-refractivity contribution in [3.8, 4) is 6.07 Å². The average molecular weight is 231 g/mol. The minimum absolute atomic E-state index is 0.208. The van der Waals surface area contributed by atoms with Gasteiger partial charge in [-0.05, 0) is 25.0 Å². The number of nitriles is 1. The van der Waals surface area contributed by atoms with Crippen LogP contribution in [0.3, 0.4) is 0 Å². The Bertz CT molecular complexity index is 413. The van der Waals surface area contributed by atoms with Crippen LogP contribution in [0.25, 0.3) is 0 Å². The first-order valence-electron chi connectivity index (χ1n) is 6.07. The normalized spacial score (nSPS) is 24.0. The van der Waals surface area contributed by atoms with Crippen LogP contribution in [-0.4, -0.2) is 22.7 Å². The molecule has 0 bridgehead atoms. The molecule has 4 nitrogen and oxygen atoms in total. The second kappa shape index (κ2) is 5.65. The Labute approximate surface area is 101 Å². The molecule has 1 saturated carbocycles. The second-order valence-corrected chi connectivity index (χ2v) is 4.49. The number of aliphatic hydroxyl groups is 1. The molecule has 0 amide bonds. The van der Waals surface area contributed by atoms with Crippen molar-refractivity contribution < 1.29 is 5.11 Å². The smallest absolute Gasteiger partial charge is 0.163 e.